The van der Waals surface area contributed by atoms with Crippen LogP contribution in [0.2, 0.25) is 0 Å². The average molecular weight is 427 g/mol. The zero-order valence-electron chi connectivity index (χ0n) is 17.5. The molecule has 4 rings (SSSR count). The van der Waals surface area contributed by atoms with E-state index < -0.39 is 9.84 Å². The Morgan fingerprint density at radius 1 is 1.10 bits per heavy atom. The molecule has 0 aliphatic carbocycles. The lowest BCUT2D eigenvalue weighted by Gasteiger charge is -2.20. The highest BCUT2D eigenvalue weighted by Crippen LogP contribution is 2.26. The number of aryl methyl sites for hydroxylation is 1. The van der Waals surface area contributed by atoms with Gasteiger partial charge >= 0.3 is 0 Å². The summed E-state index contributed by atoms with van der Waals surface area (Å²) in [6.45, 7) is 6.43. The molecule has 1 aliphatic heterocycles. The van der Waals surface area contributed by atoms with E-state index >= 15 is 0 Å². The number of benzene rings is 1. The molecule has 8 heteroatoms. The Hall–Kier alpha value is -2.58. The topological polar surface area (TPSA) is 89.2 Å². The van der Waals surface area contributed by atoms with Crippen molar-refractivity contribution in [1.82, 2.24) is 20.1 Å². The van der Waals surface area contributed by atoms with Crippen LogP contribution in [0.15, 0.2) is 45.8 Å². The van der Waals surface area contributed by atoms with Crippen molar-refractivity contribution in [2.45, 2.75) is 44.2 Å². The highest BCUT2D eigenvalue weighted by molar-refractivity contribution is 7.90. The van der Waals surface area contributed by atoms with Gasteiger partial charge in [-0.2, -0.15) is 0 Å². The zero-order valence-corrected chi connectivity index (χ0v) is 18.3. The maximum atomic E-state index is 11.5. The first-order valence-corrected chi connectivity index (χ1v) is 12.1. The molecule has 0 radical (unpaired) electrons. The molecule has 1 aliphatic rings. The molecule has 1 saturated heterocycles. The van der Waals surface area contributed by atoms with Gasteiger partial charge in [0.2, 0.25) is 5.89 Å². The van der Waals surface area contributed by atoms with E-state index in [1.165, 1.54) is 25.5 Å². The van der Waals surface area contributed by atoms with Crippen molar-refractivity contribution in [3.05, 3.63) is 47.9 Å². The summed E-state index contributed by atoms with van der Waals surface area (Å²) in [7, 11) is -3.36. The lowest BCUT2D eigenvalue weighted by atomic mass is 10.1. The van der Waals surface area contributed by atoms with Gasteiger partial charge in [0.25, 0.3) is 0 Å². The molecular weight excluding hydrogens is 400 g/mol. The van der Waals surface area contributed by atoms with Crippen molar-refractivity contribution in [2.75, 3.05) is 19.3 Å². The van der Waals surface area contributed by atoms with Crippen LogP contribution in [0, 0.1) is 6.92 Å². The Labute approximate surface area is 177 Å². The first-order chi connectivity index (χ1) is 14.3. The minimum absolute atomic E-state index is 0.0333. The summed E-state index contributed by atoms with van der Waals surface area (Å²) in [6, 6.07) is 11.5. The first kappa shape index (κ1) is 20.7. The molecule has 3 aromatic rings. The van der Waals surface area contributed by atoms with Crippen molar-refractivity contribution in [2.24, 2.45) is 0 Å². The number of hydrogen-bond donors (Lipinski definition) is 0. The minimum Gasteiger partial charge on any atom is -0.441 e. The Morgan fingerprint density at radius 3 is 2.43 bits per heavy atom. The molecule has 3 heterocycles. The molecule has 1 atom stereocenters. The monoisotopic (exact) mass is 426 g/mol. The zero-order chi connectivity index (χ0) is 21.3. The SMILES string of the molecule is Cc1oc(-c2ccc(-c3ccc(S(C)(=O)=O)nn3)cc2)nc1CCN1CCC[C@H]1C. The van der Waals surface area contributed by atoms with E-state index in [0.717, 1.165) is 41.8 Å². The highest BCUT2D eigenvalue weighted by Gasteiger charge is 2.21. The molecular formula is C22H26N4O3S. The number of nitrogens with zero attached hydrogens (tertiary/aromatic N) is 4. The quantitative estimate of drug-likeness (QED) is 0.595. The molecule has 1 fully saturated rings. The van der Waals surface area contributed by atoms with Crippen molar-refractivity contribution in [3.8, 4) is 22.7 Å². The van der Waals surface area contributed by atoms with Crippen LogP contribution in [0.3, 0.4) is 0 Å². The van der Waals surface area contributed by atoms with Gasteiger partial charge in [0.05, 0.1) is 11.4 Å². The largest absolute Gasteiger partial charge is 0.441 e. The summed E-state index contributed by atoms with van der Waals surface area (Å²) in [5.41, 5.74) is 3.36. The van der Waals surface area contributed by atoms with Crippen molar-refractivity contribution in [1.29, 1.82) is 0 Å². The molecule has 0 N–H and O–H groups in total. The molecule has 158 valence electrons. The van der Waals surface area contributed by atoms with E-state index in [4.69, 9.17) is 9.40 Å². The predicted octanol–water partition coefficient (Wildman–Crippen LogP) is 3.54. The lowest BCUT2D eigenvalue weighted by Crippen LogP contribution is -2.29. The number of rotatable bonds is 6. The first-order valence-electron chi connectivity index (χ1n) is 10.2. The number of aromatic nitrogens is 3. The third kappa shape index (κ3) is 4.44. The third-order valence-electron chi connectivity index (χ3n) is 5.67. The number of sulfone groups is 1. The Kier molecular flexibility index (Phi) is 5.71. The summed E-state index contributed by atoms with van der Waals surface area (Å²) < 4.78 is 29.0. The fourth-order valence-corrected chi connectivity index (χ4v) is 4.32. The third-order valence-corrected chi connectivity index (χ3v) is 6.64. The maximum absolute atomic E-state index is 11.5. The van der Waals surface area contributed by atoms with Gasteiger partial charge in [0.15, 0.2) is 14.9 Å². The van der Waals surface area contributed by atoms with Gasteiger partial charge in [-0.15, -0.1) is 10.2 Å². The number of oxazole rings is 1. The standard InChI is InChI=1S/C22H26N4O3S/c1-15-5-4-13-26(15)14-12-19-16(2)29-22(23-19)18-8-6-17(7-9-18)20-10-11-21(25-24-20)30(3,27)28/h6-11,15H,4-5,12-14H2,1-3H3/t15-/m1/s1. The van der Waals surface area contributed by atoms with Crippen LogP contribution in [-0.2, 0) is 16.3 Å². The van der Waals surface area contributed by atoms with Crippen LogP contribution in [0.5, 0.6) is 0 Å². The molecule has 1 aromatic carbocycles. The van der Waals surface area contributed by atoms with Crippen LogP contribution < -0.4 is 0 Å². The van der Waals surface area contributed by atoms with E-state index in [-0.39, 0.29) is 5.03 Å². The molecule has 0 unspecified atom stereocenters. The van der Waals surface area contributed by atoms with Crippen LogP contribution in [0.1, 0.15) is 31.2 Å². The second-order valence-corrected chi connectivity index (χ2v) is 9.87. The second-order valence-electron chi connectivity index (χ2n) is 7.91. The lowest BCUT2D eigenvalue weighted by molar-refractivity contribution is 0.271. The fraction of sp³-hybridized carbons (Fsp3) is 0.409. The maximum Gasteiger partial charge on any atom is 0.226 e. The molecule has 0 amide bonds. The van der Waals surface area contributed by atoms with Crippen LogP contribution in [-0.4, -0.2) is 53.9 Å². The van der Waals surface area contributed by atoms with Gasteiger partial charge in [-0.25, -0.2) is 13.4 Å². The normalized spacial score (nSPS) is 17.5. The molecule has 30 heavy (non-hydrogen) atoms. The van der Waals surface area contributed by atoms with E-state index in [1.807, 2.05) is 31.2 Å². The van der Waals surface area contributed by atoms with Gasteiger partial charge in [-0.3, -0.25) is 0 Å². The van der Waals surface area contributed by atoms with Gasteiger partial charge in [-0.1, -0.05) is 12.1 Å². The molecule has 0 saturated carbocycles. The second kappa shape index (κ2) is 8.28. The smallest absolute Gasteiger partial charge is 0.226 e. The number of likely N-dealkylation sites (tertiary alicyclic amines) is 1. The molecule has 0 spiro atoms. The van der Waals surface area contributed by atoms with Gasteiger partial charge in [0, 0.05) is 36.4 Å². The Balaban J connectivity index is 1.47. The fourth-order valence-electron chi connectivity index (χ4n) is 3.81. The van der Waals surface area contributed by atoms with Crippen LogP contribution in [0.4, 0.5) is 0 Å². The molecule has 7 nitrogen and oxygen atoms in total. The molecule has 0 bridgehead atoms. The minimum atomic E-state index is -3.36. The van der Waals surface area contributed by atoms with Gasteiger partial charge < -0.3 is 9.32 Å². The van der Waals surface area contributed by atoms with Gasteiger partial charge in [-0.05, 0) is 57.5 Å². The Morgan fingerprint density at radius 2 is 1.83 bits per heavy atom. The summed E-state index contributed by atoms with van der Waals surface area (Å²) in [5.74, 6) is 1.48. The van der Waals surface area contributed by atoms with Crippen molar-refractivity contribution in [3.63, 3.8) is 0 Å². The predicted molar refractivity (Wildman–Crippen MR) is 115 cm³/mol. The number of hydrogen-bond acceptors (Lipinski definition) is 7. The Bertz CT molecular complexity index is 1120. The van der Waals surface area contributed by atoms with Crippen molar-refractivity contribution >= 4 is 9.84 Å². The summed E-state index contributed by atoms with van der Waals surface area (Å²) >= 11 is 0. The van der Waals surface area contributed by atoms with Crippen LogP contribution in [0.25, 0.3) is 22.7 Å². The van der Waals surface area contributed by atoms with Crippen molar-refractivity contribution < 1.29 is 12.8 Å². The van der Waals surface area contributed by atoms with Crippen LogP contribution >= 0.6 is 0 Å². The van der Waals surface area contributed by atoms with Gasteiger partial charge in [0.1, 0.15) is 5.76 Å². The molecule has 2 aromatic heterocycles. The summed E-state index contributed by atoms with van der Waals surface area (Å²) in [6.07, 6.45) is 4.55. The highest BCUT2D eigenvalue weighted by atomic mass is 32.2. The van der Waals surface area contributed by atoms with E-state index in [0.29, 0.717) is 17.6 Å². The van der Waals surface area contributed by atoms with E-state index in [2.05, 4.69) is 22.0 Å². The summed E-state index contributed by atoms with van der Waals surface area (Å²) in [4.78, 5) is 7.23. The van der Waals surface area contributed by atoms with E-state index in [1.54, 1.807) is 6.07 Å². The summed E-state index contributed by atoms with van der Waals surface area (Å²) in [5, 5.41) is 7.81. The van der Waals surface area contributed by atoms with E-state index in [9.17, 15) is 8.42 Å². The average Bonchev–Trinajstić information content (AvgIpc) is 3.31.